The summed E-state index contributed by atoms with van der Waals surface area (Å²) in [5, 5.41) is 1.01. The van der Waals surface area contributed by atoms with Crippen LogP contribution in [0.5, 0.6) is 0 Å². The average molecular weight is 351 g/mol. The van der Waals surface area contributed by atoms with Crippen LogP contribution in [0.15, 0.2) is 34.9 Å². The maximum atomic E-state index is 5.83. The van der Waals surface area contributed by atoms with Gasteiger partial charge in [0.2, 0.25) is 0 Å². The number of fused-ring (bicyclic) bond motifs is 1. The molecule has 0 saturated carbocycles. The van der Waals surface area contributed by atoms with Crippen molar-refractivity contribution in [1.29, 1.82) is 0 Å². The molecule has 0 bridgehead atoms. The van der Waals surface area contributed by atoms with Gasteiger partial charge in [0.15, 0.2) is 5.82 Å². The molecule has 5 heteroatoms. The molecule has 0 aliphatic heterocycles. The number of nitrogens with zero attached hydrogens (tertiary/aromatic N) is 2. The van der Waals surface area contributed by atoms with Gasteiger partial charge in [-0.3, -0.25) is 0 Å². The number of hydrogen-bond donors (Lipinski definition) is 1. The Morgan fingerprint density at radius 3 is 2.83 bits per heavy atom. The molecule has 0 aliphatic carbocycles. The topological polar surface area (TPSA) is 64.9 Å². The molecule has 2 heterocycles. The van der Waals surface area contributed by atoms with Crippen molar-refractivity contribution in [3.8, 4) is 11.4 Å². The fourth-order valence-corrected chi connectivity index (χ4v) is 2.21. The van der Waals surface area contributed by atoms with E-state index in [4.69, 9.17) is 10.2 Å². The third-order valence-corrected chi connectivity index (χ3v) is 3.60. The fraction of sp³-hybridized carbons (Fsp3) is 0.0769. The van der Waals surface area contributed by atoms with Crippen LogP contribution in [0.4, 0.5) is 5.82 Å². The van der Waals surface area contributed by atoms with Crippen LogP contribution in [-0.4, -0.2) is 9.97 Å². The van der Waals surface area contributed by atoms with E-state index in [9.17, 15) is 0 Å². The molecule has 2 N–H and O–H groups in total. The molecule has 1 aromatic carbocycles. The number of anilines is 1. The molecule has 90 valence electrons. The van der Waals surface area contributed by atoms with Crippen molar-refractivity contribution in [3.63, 3.8) is 0 Å². The number of para-hydroxylation sites is 1. The van der Waals surface area contributed by atoms with Crippen molar-refractivity contribution in [2.75, 3.05) is 5.73 Å². The molecule has 18 heavy (non-hydrogen) atoms. The highest BCUT2D eigenvalue weighted by atomic mass is 127. The first-order chi connectivity index (χ1) is 8.66. The lowest BCUT2D eigenvalue weighted by molar-refractivity contribution is 0.579. The number of halogens is 1. The van der Waals surface area contributed by atoms with Crippen molar-refractivity contribution in [1.82, 2.24) is 9.97 Å². The molecule has 0 unspecified atom stereocenters. The Labute approximate surface area is 117 Å². The monoisotopic (exact) mass is 351 g/mol. The maximum absolute atomic E-state index is 5.83. The van der Waals surface area contributed by atoms with E-state index in [1.54, 1.807) is 6.20 Å². The minimum Gasteiger partial charge on any atom is -0.461 e. The number of aromatic nitrogens is 2. The zero-order valence-corrected chi connectivity index (χ0v) is 11.8. The average Bonchev–Trinajstić information content (AvgIpc) is 2.69. The van der Waals surface area contributed by atoms with Crippen molar-refractivity contribution >= 4 is 39.4 Å². The van der Waals surface area contributed by atoms with Crippen LogP contribution >= 0.6 is 22.6 Å². The molecule has 0 amide bonds. The van der Waals surface area contributed by atoms with Crippen LogP contribution in [0.3, 0.4) is 0 Å². The van der Waals surface area contributed by atoms with Gasteiger partial charge >= 0.3 is 0 Å². The Balaban J connectivity index is 2.30. The molecule has 0 radical (unpaired) electrons. The fourth-order valence-electron chi connectivity index (χ4n) is 1.95. The lowest BCUT2D eigenvalue weighted by Crippen LogP contribution is -1.98. The zero-order chi connectivity index (χ0) is 12.7. The first-order valence-corrected chi connectivity index (χ1v) is 6.51. The van der Waals surface area contributed by atoms with Gasteiger partial charge in [0.1, 0.15) is 17.2 Å². The number of benzene rings is 1. The van der Waals surface area contributed by atoms with Crippen LogP contribution in [-0.2, 0) is 0 Å². The van der Waals surface area contributed by atoms with Crippen molar-refractivity contribution in [3.05, 3.63) is 39.8 Å². The molecule has 3 rings (SSSR count). The smallest absolute Gasteiger partial charge is 0.165 e. The van der Waals surface area contributed by atoms with Gasteiger partial charge in [0, 0.05) is 11.6 Å². The Morgan fingerprint density at radius 2 is 2.06 bits per heavy atom. The van der Waals surface area contributed by atoms with E-state index in [1.807, 2.05) is 31.2 Å². The number of furan rings is 1. The summed E-state index contributed by atoms with van der Waals surface area (Å²) in [7, 11) is 0. The minimum atomic E-state index is 0.491. The van der Waals surface area contributed by atoms with Gasteiger partial charge in [-0.25, -0.2) is 9.97 Å². The summed E-state index contributed by atoms with van der Waals surface area (Å²) in [6, 6.07) is 7.84. The van der Waals surface area contributed by atoms with E-state index < -0.39 is 0 Å². The van der Waals surface area contributed by atoms with E-state index in [0.29, 0.717) is 11.6 Å². The quantitative estimate of drug-likeness (QED) is 0.683. The maximum Gasteiger partial charge on any atom is 0.165 e. The van der Waals surface area contributed by atoms with Crippen LogP contribution in [0.2, 0.25) is 0 Å². The van der Waals surface area contributed by atoms with Crippen molar-refractivity contribution in [2.45, 2.75) is 6.92 Å². The molecule has 0 atom stereocenters. The van der Waals surface area contributed by atoms with E-state index in [1.165, 1.54) is 0 Å². The predicted octanol–water partition coefficient (Wildman–Crippen LogP) is 3.39. The van der Waals surface area contributed by atoms with Gasteiger partial charge in [-0.2, -0.15) is 0 Å². The van der Waals surface area contributed by atoms with Gasteiger partial charge in [-0.15, -0.1) is 0 Å². The normalized spacial score (nSPS) is 11.0. The van der Waals surface area contributed by atoms with Gasteiger partial charge in [-0.05, 0) is 35.6 Å². The molecule has 4 nitrogen and oxygen atoms in total. The molecule has 0 aliphatic rings. The number of aryl methyl sites for hydroxylation is 1. The van der Waals surface area contributed by atoms with Gasteiger partial charge in [0.05, 0.1) is 9.13 Å². The molecule has 3 aromatic rings. The third kappa shape index (κ3) is 1.74. The highest BCUT2D eigenvalue weighted by Crippen LogP contribution is 2.32. The Hall–Kier alpha value is -1.63. The molecule has 0 saturated heterocycles. The number of nitrogen functional groups attached to an aromatic ring is 1. The molecular formula is C13H10IN3O. The third-order valence-electron chi connectivity index (χ3n) is 2.77. The largest absolute Gasteiger partial charge is 0.461 e. The first kappa shape index (κ1) is 11.5. The molecule has 0 fully saturated rings. The van der Waals surface area contributed by atoms with Crippen LogP contribution < -0.4 is 5.73 Å². The van der Waals surface area contributed by atoms with E-state index in [-0.39, 0.29) is 0 Å². The summed E-state index contributed by atoms with van der Waals surface area (Å²) in [6.45, 7) is 1.91. The van der Waals surface area contributed by atoms with Gasteiger partial charge < -0.3 is 10.2 Å². The standard InChI is InChI=1S/C13H10IN3O/c1-7-11(8-4-2-3-5-10(8)18-7)13-16-6-9(14)12(15)17-13/h2-6H,1H3,(H2,15,16,17). The highest BCUT2D eigenvalue weighted by molar-refractivity contribution is 14.1. The second-order valence-electron chi connectivity index (χ2n) is 3.96. The zero-order valence-electron chi connectivity index (χ0n) is 9.64. The Morgan fingerprint density at radius 1 is 1.28 bits per heavy atom. The van der Waals surface area contributed by atoms with Crippen LogP contribution in [0.1, 0.15) is 5.76 Å². The van der Waals surface area contributed by atoms with Crippen molar-refractivity contribution < 1.29 is 4.42 Å². The number of rotatable bonds is 1. The van der Waals surface area contributed by atoms with Crippen molar-refractivity contribution in [2.24, 2.45) is 0 Å². The van der Waals surface area contributed by atoms with Gasteiger partial charge in [0.25, 0.3) is 0 Å². The molecule has 2 aromatic heterocycles. The second kappa shape index (κ2) is 4.24. The van der Waals surface area contributed by atoms with Gasteiger partial charge in [-0.1, -0.05) is 18.2 Å². The summed E-state index contributed by atoms with van der Waals surface area (Å²) in [5.41, 5.74) is 7.58. The molecule has 0 spiro atoms. The van der Waals surface area contributed by atoms with E-state index in [0.717, 1.165) is 25.9 Å². The Kier molecular flexibility index (Phi) is 2.70. The van der Waals surface area contributed by atoms with Crippen LogP contribution in [0.25, 0.3) is 22.4 Å². The number of nitrogens with two attached hydrogens (primary N) is 1. The summed E-state index contributed by atoms with van der Waals surface area (Å²) < 4.78 is 6.55. The summed E-state index contributed by atoms with van der Waals surface area (Å²) in [6.07, 6.45) is 1.72. The minimum absolute atomic E-state index is 0.491. The number of hydrogen-bond acceptors (Lipinski definition) is 4. The first-order valence-electron chi connectivity index (χ1n) is 5.43. The lowest BCUT2D eigenvalue weighted by atomic mass is 10.1. The SMILES string of the molecule is Cc1oc2ccccc2c1-c1ncc(I)c(N)n1. The molecular weight excluding hydrogens is 341 g/mol. The summed E-state index contributed by atoms with van der Waals surface area (Å²) in [4.78, 5) is 8.66. The Bertz CT molecular complexity index is 736. The highest BCUT2D eigenvalue weighted by Gasteiger charge is 2.15. The van der Waals surface area contributed by atoms with E-state index >= 15 is 0 Å². The predicted molar refractivity (Wildman–Crippen MR) is 79.1 cm³/mol. The lowest BCUT2D eigenvalue weighted by Gasteiger charge is -2.01. The second-order valence-corrected chi connectivity index (χ2v) is 5.12. The summed E-state index contributed by atoms with van der Waals surface area (Å²) in [5.74, 6) is 1.90. The summed E-state index contributed by atoms with van der Waals surface area (Å²) >= 11 is 2.11. The van der Waals surface area contributed by atoms with E-state index in [2.05, 4.69) is 32.6 Å². The van der Waals surface area contributed by atoms with Crippen LogP contribution in [0, 0.1) is 10.5 Å².